The fourth-order valence-corrected chi connectivity index (χ4v) is 6.61. The lowest BCUT2D eigenvalue weighted by Gasteiger charge is -2.52. The Morgan fingerprint density at radius 1 is 1.15 bits per heavy atom. The van der Waals surface area contributed by atoms with Crippen molar-refractivity contribution in [3.63, 3.8) is 0 Å². The van der Waals surface area contributed by atoms with Crippen LogP contribution in [0.2, 0.25) is 0 Å². The summed E-state index contributed by atoms with van der Waals surface area (Å²) in [5, 5.41) is 11.0. The van der Waals surface area contributed by atoms with Gasteiger partial charge in [0.2, 0.25) is 0 Å². The highest BCUT2D eigenvalue weighted by atomic mass is 16.7. The van der Waals surface area contributed by atoms with Crippen molar-refractivity contribution >= 4 is 17.3 Å². The van der Waals surface area contributed by atoms with E-state index in [9.17, 15) is 19.5 Å². The predicted octanol–water partition coefficient (Wildman–Crippen LogP) is 1.30. The largest absolute Gasteiger partial charge is 0.390 e. The summed E-state index contributed by atoms with van der Waals surface area (Å²) in [6.45, 7) is 7.21. The van der Waals surface area contributed by atoms with Crippen molar-refractivity contribution in [2.75, 3.05) is 0 Å². The zero-order valence-corrected chi connectivity index (χ0v) is 15.9. The number of fused-ring (bicyclic) bond motifs is 3. The van der Waals surface area contributed by atoms with E-state index in [2.05, 4.69) is 0 Å². The number of hydrogen-bond donors (Lipinski definition) is 1. The molecule has 4 fully saturated rings. The number of hydrogen-bond acceptors (Lipinski definition) is 6. The standard InChI is InChI=1S/C21H24O6/c1-10(2)9-12-16(24)19(4)11-7-8-18(3,25)15(11)17-20(27-17)13(22)5-6-14(23)21(19,20)26-12/h5-6,9,11-12,15,17,25H,7-8H2,1-4H3. The Morgan fingerprint density at radius 2 is 1.81 bits per heavy atom. The van der Waals surface area contributed by atoms with Crippen LogP contribution in [-0.2, 0) is 23.9 Å². The number of carbonyl (C=O) groups excluding carboxylic acids is 3. The number of allylic oxidation sites excluding steroid dienone is 1. The predicted molar refractivity (Wildman–Crippen MR) is 93.7 cm³/mol. The molecule has 2 saturated carbocycles. The van der Waals surface area contributed by atoms with Gasteiger partial charge in [-0.25, -0.2) is 0 Å². The average Bonchev–Trinajstić information content (AvgIpc) is 3.17. The van der Waals surface area contributed by atoms with Gasteiger partial charge in [-0.05, 0) is 64.7 Å². The van der Waals surface area contributed by atoms with Gasteiger partial charge in [0.05, 0.1) is 11.0 Å². The van der Waals surface area contributed by atoms with Crippen LogP contribution in [0.3, 0.4) is 0 Å². The van der Waals surface area contributed by atoms with Crippen LogP contribution in [0, 0.1) is 17.3 Å². The van der Waals surface area contributed by atoms with E-state index in [-0.39, 0.29) is 29.2 Å². The molecule has 6 nitrogen and oxygen atoms in total. The lowest BCUT2D eigenvalue weighted by Crippen LogP contribution is -2.73. The second kappa shape index (κ2) is 4.67. The molecule has 2 heterocycles. The third-order valence-corrected chi connectivity index (χ3v) is 7.75. The summed E-state index contributed by atoms with van der Waals surface area (Å²) in [5.41, 5.74) is -4.52. The van der Waals surface area contributed by atoms with E-state index < -0.39 is 34.4 Å². The van der Waals surface area contributed by atoms with Crippen molar-refractivity contribution in [3.05, 3.63) is 23.8 Å². The van der Waals surface area contributed by atoms with Crippen LogP contribution < -0.4 is 0 Å². The fourth-order valence-electron chi connectivity index (χ4n) is 6.61. The molecule has 2 aliphatic heterocycles. The van der Waals surface area contributed by atoms with Gasteiger partial charge in [0.25, 0.3) is 0 Å². The van der Waals surface area contributed by atoms with Crippen molar-refractivity contribution < 1.29 is 29.0 Å². The van der Waals surface area contributed by atoms with E-state index in [1.807, 2.05) is 13.8 Å². The number of epoxide rings is 1. The Morgan fingerprint density at radius 3 is 2.48 bits per heavy atom. The van der Waals surface area contributed by atoms with Gasteiger partial charge in [0.15, 0.2) is 28.6 Å². The number of Topliss-reactive ketones (excluding diaryl/α,β-unsaturated/α-hetero) is 1. The molecule has 6 heteroatoms. The summed E-state index contributed by atoms with van der Waals surface area (Å²) in [6, 6.07) is 0. The SMILES string of the molecule is CC(C)=CC1OC23C(=O)C=CC(=O)C24OC4C2C(CCC2(C)O)C3(C)C1=O. The maximum Gasteiger partial charge on any atom is 0.194 e. The highest BCUT2D eigenvalue weighted by Gasteiger charge is 2.93. The molecule has 8 unspecified atom stereocenters. The lowest BCUT2D eigenvalue weighted by atomic mass is 9.47. The first-order valence-corrected chi connectivity index (χ1v) is 9.58. The van der Waals surface area contributed by atoms with E-state index in [1.54, 1.807) is 19.9 Å². The fraction of sp³-hybridized carbons (Fsp3) is 0.667. The van der Waals surface area contributed by atoms with Crippen LogP contribution in [0.4, 0.5) is 0 Å². The molecule has 2 saturated heterocycles. The molecule has 8 atom stereocenters. The first-order valence-electron chi connectivity index (χ1n) is 9.58. The van der Waals surface area contributed by atoms with Crippen LogP contribution in [0.5, 0.6) is 0 Å². The normalized spacial score (nSPS) is 54.9. The maximum absolute atomic E-state index is 13.6. The minimum absolute atomic E-state index is 0.193. The molecule has 0 aromatic carbocycles. The summed E-state index contributed by atoms with van der Waals surface area (Å²) >= 11 is 0. The van der Waals surface area contributed by atoms with E-state index in [1.165, 1.54) is 12.2 Å². The Kier molecular flexibility index (Phi) is 3.02. The molecular formula is C21H24O6. The van der Waals surface area contributed by atoms with Crippen molar-refractivity contribution in [3.8, 4) is 0 Å². The molecule has 1 N–H and O–H groups in total. The maximum atomic E-state index is 13.6. The average molecular weight is 372 g/mol. The molecular weight excluding hydrogens is 348 g/mol. The van der Waals surface area contributed by atoms with Gasteiger partial charge >= 0.3 is 0 Å². The lowest BCUT2D eigenvalue weighted by molar-refractivity contribution is -0.181. The third kappa shape index (κ3) is 1.60. The van der Waals surface area contributed by atoms with E-state index in [0.29, 0.717) is 12.8 Å². The second-order valence-corrected chi connectivity index (χ2v) is 9.39. The molecule has 0 aromatic rings. The minimum atomic E-state index is -1.65. The summed E-state index contributed by atoms with van der Waals surface area (Å²) in [5.74, 6) is -1.57. The van der Waals surface area contributed by atoms with Crippen LogP contribution >= 0.6 is 0 Å². The van der Waals surface area contributed by atoms with E-state index >= 15 is 0 Å². The quantitative estimate of drug-likeness (QED) is 0.551. The summed E-state index contributed by atoms with van der Waals surface area (Å²) in [4.78, 5) is 39.9. The molecule has 0 bridgehead atoms. The van der Waals surface area contributed by atoms with Gasteiger partial charge in [-0.15, -0.1) is 0 Å². The monoisotopic (exact) mass is 372 g/mol. The molecule has 5 rings (SSSR count). The van der Waals surface area contributed by atoms with E-state index in [4.69, 9.17) is 9.47 Å². The zero-order chi connectivity index (χ0) is 19.6. The molecule has 0 radical (unpaired) electrons. The summed E-state index contributed by atoms with van der Waals surface area (Å²) in [7, 11) is 0. The molecule has 5 aliphatic rings. The first-order chi connectivity index (χ1) is 12.5. The van der Waals surface area contributed by atoms with Crippen LogP contribution in [0.1, 0.15) is 40.5 Å². The van der Waals surface area contributed by atoms with Crippen molar-refractivity contribution in [2.45, 2.75) is 69.5 Å². The van der Waals surface area contributed by atoms with Gasteiger partial charge < -0.3 is 14.6 Å². The second-order valence-electron chi connectivity index (χ2n) is 9.39. The Labute approximate surface area is 157 Å². The number of carbonyl (C=O) groups is 3. The Hall–Kier alpha value is -1.63. The molecule has 27 heavy (non-hydrogen) atoms. The van der Waals surface area contributed by atoms with Crippen LogP contribution in [0.25, 0.3) is 0 Å². The third-order valence-electron chi connectivity index (χ3n) is 7.75. The topological polar surface area (TPSA) is 93.2 Å². The Bertz CT molecular complexity index is 864. The molecule has 3 aliphatic carbocycles. The Balaban J connectivity index is 1.80. The van der Waals surface area contributed by atoms with Gasteiger partial charge in [0, 0.05) is 5.92 Å². The van der Waals surface area contributed by atoms with Gasteiger partial charge in [-0.3, -0.25) is 14.4 Å². The number of ether oxygens (including phenoxy) is 2. The van der Waals surface area contributed by atoms with Crippen molar-refractivity contribution in [2.24, 2.45) is 17.3 Å². The van der Waals surface area contributed by atoms with Crippen molar-refractivity contribution in [1.82, 2.24) is 0 Å². The van der Waals surface area contributed by atoms with Gasteiger partial charge in [-0.2, -0.15) is 0 Å². The van der Waals surface area contributed by atoms with Crippen molar-refractivity contribution in [1.29, 1.82) is 0 Å². The number of rotatable bonds is 1. The zero-order valence-electron chi connectivity index (χ0n) is 15.9. The molecule has 2 spiro atoms. The van der Waals surface area contributed by atoms with E-state index in [0.717, 1.165) is 5.57 Å². The van der Waals surface area contributed by atoms with Gasteiger partial charge in [0.1, 0.15) is 12.2 Å². The smallest absolute Gasteiger partial charge is 0.194 e. The molecule has 0 amide bonds. The first kappa shape index (κ1) is 17.5. The minimum Gasteiger partial charge on any atom is -0.390 e. The highest BCUT2D eigenvalue weighted by Crippen LogP contribution is 2.74. The molecule has 144 valence electrons. The highest BCUT2D eigenvalue weighted by molar-refractivity contribution is 6.20. The summed E-state index contributed by atoms with van der Waals surface area (Å²) < 4.78 is 12.2. The molecule has 0 aromatic heterocycles. The number of ketones is 3. The summed E-state index contributed by atoms with van der Waals surface area (Å²) in [6.07, 6.45) is 3.77. The van der Waals surface area contributed by atoms with Crippen LogP contribution in [0.15, 0.2) is 23.8 Å². The van der Waals surface area contributed by atoms with Gasteiger partial charge in [-0.1, -0.05) is 5.57 Å². The van der Waals surface area contributed by atoms with Crippen LogP contribution in [-0.4, -0.2) is 51.5 Å². The number of aliphatic hydroxyl groups is 1.